The first kappa shape index (κ1) is 13.8. The van der Waals surface area contributed by atoms with Crippen LogP contribution in [0.5, 0.6) is 0 Å². The highest BCUT2D eigenvalue weighted by molar-refractivity contribution is 7.91. The zero-order valence-electron chi connectivity index (χ0n) is 10.3. The zero-order valence-corrected chi connectivity index (χ0v) is 11.1. The van der Waals surface area contributed by atoms with Gasteiger partial charge in [0.25, 0.3) is 5.56 Å². The topological polar surface area (TPSA) is 82.2 Å². The minimum atomic E-state index is -3.52. The third-order valence-corrected chi connectivity index (χ3v) is 4.07. The maximum atomic E-state index is 12.0. The first-order valence-electron chi connectivity index (χ1n) is 5.50. The molecule has 1 heterocycles. The van der Waals surface area contributed by atoms with Gasteiger partial charge in [0.2, 0.25) is 0 Å². The van der Waals surface area contributed by atoms with E-state index in [-0.39, 0.29) is 22.3 Å². The lowest BCUT2D eigenvalue weighted by molar-refractivity contribution is 0.505. The summed E-state index contributed by atoms with van der Waals surface area (Å²) in [6, 6.07) is 1.23. The molecule has 5 nitrogen and oxygen atoms in total. The lowest BCUT2D eigenvalue weighted by Gasteiger charge is -2.11. The molecule has 0 bridgehead atoms. The van der Waals surface area contributed by atoms with Crippen molar-refractivity contribution < 1.29 is 8.42 Å². The van der Waals surface area contributed by atoms with E-state index in [0.717, 1.165) is 0 Å². The number of sulfone groups is 1. The lowest BCUT2D eigenvalue weighted by Crippen LogP contribution is -2.28. The van der Waals surface area contributed by atoms with Gasteiger partial charge in [-0.05, 0) is 12.0 Å². The van der Waals surface area contributed by atoms with Gasteiger partial charge in [-0.1, -0.05) is 20.8 Å². The second-order valence-electron chi connectivity index (χ2n) is 4.39. The number of nitrogen functional groups attached to an aromatic ring is 1. The molecule has 0 aliphatic heterocycles. The van der Waals surface area contributed by atoms with Crippen molar-refractivity contribution in [3.63, 3.8) is 0 Å². The van der Waals surface area contributed by atoms with Crippen LogP contribution in [0.15, 0.2) is 22.0 Å². The highest BCUT2D eigenvalue weighted by Crippen LogP contribution is 2.11. The quantitative estimate of drug-likeness (QED) is 0.869. The Morgan fingerprint density at radius 1 is 1.41 bits per heavy atom. The minimum absolute atomic E-state index is 0.104. The van der Waals surface area contributed by atoms with Crippen molar-refractivity contribution >= 4 is 15.5 Å². The van der Waals surface area contributed by atoms with Gasteiger partial charge in [-0.15, -0.1) is 0 Å². The van der Waals surface area contributed by atoms with E-state index in [0.29, 0.717) is 6.54 Å². The molecule has 1 rings (SSSR count). The summed E-state index contributed by atoms with van der Waals surface area (Å²) in [5.41, 5.74) is 5.43. The molecule has 0 saturated heterocycles. The molecule has 0 saturated carbocycles. The summed E-state index contributed by atoms with van der Waals surface area (Å²) in [6.45, 7) is 5.86. The monoisotopic (exact) mass is 258 g/mol. The Hall–Kier alpha value is -1.30. The zero-order chi connectivity index (χ0) is 13.2. The molecule has 0 radical (unpaired) electrons. The van der Waals surface area contributed by atoms with Crippen molar-refractivity contribution in [2.24, 2.45) is 5.92 Å². The summed E-state index contributed by atoms with van der Waals surface area (Å²) < 4.78 is 24.8. The number of nitrogens with two attached hydrogens (primary N) is 1. The number of anilines is 1. The van der Waals surface area contributed by atoms with Gasteiger partial charge in [-0.2, -0.15) is 0 Å². The molecular formula is C11H18N2O3S. The largest absolute Gasteiger partial charge is 0.398 e. The van der Waals surface area contributed by atoms with Gasteiger partial charge in [-0.3, -0.25) is 4.79 Å². The van der Waals surface area contributed by atoms with E-state index in [1.807, 2.05) is 13.8 Å². The van der Waals surface area contributed by atoms with Gasteiger partial charge in [0.05, 0.1) is 5.75 Å². The lowest BCUT2D eigenvalue weighted by atomic mass is 10.2. The van der Waals surface area contributed by atoms with Crippen molar-refractivity contribution in [3.05, 3.63) is 22.6 Å². The maximum absolute atomic E-state index is 12.0. The van der Waals surface area contributed by atoms with E-state index < -0.39 is 15.4 Å². The third kappa shape index (κ3) is 3.09. The molecule has 1 aromatic heterocycles. The molecular weight excluding hydrogens is 240 g/mol. The van der Waals surface area contributed by atoms with Gasteiger partial charge in [-0.25, -0.2) is 8.42 Å². The molecule has 0 atom stereocenters. The Morgan fingerprint density at radius 2 is 2.00 bits per heavy atom. The molecule has 2 N–H and O–H groups in total. The predicted molar refractivity (Wildman–Crippen MR) is 67.7 cm³/mol. The molecule has 0 fully saturated rings. The summed E-state index contributed by atoms with van der Waals surface area (Å²) in [4.78, 5) is 11.8. The summed E-state index contributed by atoms with van der Waals surface area (Å²) in [7, 11) is -3.52. The minimum Gasteiger partial charge on any atom is -0.398 e. The molecule has 0 aliphatic rings. The van der Waals surface area contributed by atoms with Crippen LogP contribution in [-0.2, 0) is 16.4 Å². The molecule has 0 aromatic carbocycles. The van der Waals surface area contributed by atoms with Gasteiger partial charge >= 0.3 is 0 Å². The smallest absolute Gasteiger partial charge is 0.269 e. The van der Waals surface area contributed by atoms with Gasteiger partial charge in [0.1, 0.15) is 4.90 Å². The molecule has 1 aromatic rings. The normalized spacial score (nSPS) is 12.0. The number of nitrogens with zero attached hydrogens (tertiary/aromatic N) is 1. The van der Waals surface area contributed by atoms with Crippen LogP contribution in [0.3, 0.4) is 0 Å². The third-order valence-electron chi connectivity index (χ3n) is 2.35. The fourth-order valence-corrected chi connectivity index (χ4v) is 2.55. The Morgan fingerprint density at radius 3 is 2.47 bits per heavy atom. The molecule has 0 unspecified atom stereocenters. The van der Waals surface area contributed by atoms with Crippen LogP contribution < -0.4 is 11.3 Å². The van der Waals surface area contributed by atoms with Crippen molar-refractivity contribution in [1.82, 2.24) is 4.57 Å². The highest BCUT2D eigenvalue weighted by atomic mass is 32.2. The van der Waals surface area contributed by atoms with Gasteiger partial charge in [0.15, 0.2) is 9.84 Å². The Labute approximate surface area is 101 Å². The number of hydrogen-bond donors (Lipinski definition) is 1. The summed E-state index contributed by atoms with van der Waals surface area (Å²) >= 11 is 0. The van der Waals surface area contributed by atoms with Crippen LogP contribution in [-0.4, -0.2) is 18.7 Å². The molecule has 0 spiro atoms. The number of aromatic nitrogens is 1. The molecule has 96 valence electrons. The van der Waals surface area contributed by atoms with E-state index in [1.54, 1.807) is 0 Å². The van der Waals surface area contributed by atoms with Crippen molar-refractivity contribution in [3.8, 4) is 0 Å². The average molecular weight is 258 g/mol. The second-order valence-corrected chi connectivity index (χ2v) is 6.64. The van der Waals surface area contributed by atoms with Crippen molar-refractivity contribution in [2.45, 2.75) is 32.2 Å². The molecule has 17 heavy (non-hydrogen) atoms. The summed E-state index contributed by atoms with van der Waals surface area (Å²) in [6.07, 6.45) is 1.48. The van der Waals surface area contributed by atoms with E-state index >= 15 is 0 Å². The van der Waals surface area contributed by atoms with Crippen molar-refractivity contribution in [2.75, 3.05) is 11.5 Å². The summed E-state index contributed by atoms with van der Waals surface area (Å²) in [5, 5.41) is 0. The van der Waals surface area contributed by atoms with E-state index in [1.165, 1.54) is 23.8 Å². The number of hydrogen-bond acceptors (Lipinski definition) is 4. The van der Waals surface area contributed by atoms with Crippen LogP contribution in [0.25, 0.3) is 0 Å². The first-order valence-corrected chi connectivity index (χ1v) is 7.16. The number of rotatable bonds is 4. The van der Waals surface area contributed by atoms with Gasteiger partial charge < -0.3 is 10.3 Å². The van der Waals surface area contributed by atoms with E-state index in [2.05, 4.69) is 0 Å². The summed E-state index contributed by atoms with van der Waals surface area (Å²) in [5.74, 6) is 0.138. The Bertz CT molecular complexity index is 559. The molecule has 0 amide bonds. The molecule has 6 heteroatoms. The van der Waals surface area contributed by atoms with Crippen molar-refractivity contribution in [1.29, 1.82) is 0 Å². The second kappa shape index (κ2) is 4.91. The Balaban J connectivity index is 3.45. The standard InChI is InChI=1S/C11H18N2O3S/c1-4-17(15,16)10-5-9(12)7-13(11(10)14)6-8(2)3/h5,7-8H,4,6,12H2,1-3H3. The van der Waals surface area contributed by atoms with Gasteiger partial charge in [0, 0.05) is 18.4 Å². The Kier molecular flexibility index (Phi) is 3.98. The average Bonchev–Trinajstić information content (AvgIpc) is 2.22. The predicted octanol–water partition coefficient (Wildman–Crippen LogP) is 0.880. The van der Waals surface area contributed by atoms with Crippen LogP contribution in [0.4, 0.5) is 5.69 Å². The fraction of sp³-hybridized carbons (Fsp3) is 0.545. The maximum Gasteiger partial charge on any atom is 0.269 e. The van der Waals surface area contributed by atoms with E-state index in [9.17, 15) is 13.2 Å². The highest BCUT2D eigenvalue weighted by Gasteiger charge is 2.18. The molecule has 0 aliphatic carbocycles. The fourth-order valence-electron chi connectivity index (χ4n) is 1.54. The van der Waals surface area contributed by atoms with Crippen LogP contribution in [0.1, 0.15) is 20.8 Å². The van der Waals surface area contributed by atoms with Crippen LogP contribution in [0, 0.1) is 5.92 Å². The first-order chi connectivity index (χ1) is 7.77. The van der Waals surface area contributed by atoms with Crippen LogP contribution >= 0.6 is 0 Å². The number of pyridine rings is 1. The van der Waals surface area contributed by atoms with Crippen LogP contribution in [0.2, 0.25) is 0 Å². The van der Waals surface area contributed by atoms with E-state index in [4.69, 9.17) is 5.73 Å². The SMILES string of the molecule is CCS(=O)(=O)c1cc(N)cn(CC(C)C)c1=O.